The largest absolute Gasteiger partial charge is 0.496 e. The molecule has 6 nitrogen and oxygen atoms in total. The Hall–Kier alpha value is -1.60. The van der Waals surface area contributed by atoms with Crippen LogP contribution in [-0.2, 0) is 14.1 Å². The molecule has 7 heteroatoms. The minimum Gasteiger partial charge on any atom is -0.462 e. The quantitative estimate of drug-likeness (QED) is 0.840. The highest BCUT2D eigenvalue weighted by Gasteiger charge is 2.51. The Bertz CT molecular complexity index is 553. The average Bonchev–Trinajstić information content (AvgIpc) is 2.58. The molecule has 0 aromatic carbocycles. The molecule has 1 aliphatic rings. The predicted octanol–water partition coefficient (Wildman–Crippen LogP) is 1.02. The molecule has 2 N–H and O–H groups in total. The van der Waals surface area contributed by atoms with Gasteiger partial charge in [-0.15, -0.1) is 0 Å². The maximum atomic E-state index is 11.3. The lowest BCUT2D eigenvalue weighted by atomic mass is 9.80. The van der Waals surface area contributed by atoms with Crippen LogP contribution >= 0.6 is 0 Å². The molecule has 0 atom stereocenters. The lowest BCUT2D eigenvalue weighted by Gasteiger charge is -2.32. The minimum atomic E-state index is -1.11. The standard InChI is InChI=1S/C15H23BN2O4/c1-13(2,12(17)19)20-11-8-7-10(9-18-11)16-21-14(3,4)15(5,6)22-16/h7-9H,1-6H3,(H2,17,19). The van der Waals surface area contributed by atoms with Crippen molar-refractivity contribution in [2.24, 2.45) is 5.73 Å². The molecule has 22 heavy (non-hydrogen) atoms. The van der Waals surface area contributed by atoms with Gasteiger partial charge in [0.2, 0.25) is 5.88 Å². The Kier molecular flexibility index (Phi) is 4.00. The fraction of sp³-hybridized carbons (Fsp3) is 0.600. The van der Waals surface area contributed by atoms with E-state index in [2.05, 4.69) is 4.98 Å². The van der Waals surface area contributed by atoms with Crippen molar-refractivity contribution in [3.8, 4) is 5.88 Å². The third-order valence-electron chi connectivity index (χ3n) is 4.24. The van der Waals surface area contributed by atoms with Gasteiger partial charge >= 0.3 is 7.12 Å². The molecule has 120 valence electrons. The second-order valence-corrected chi connectivity index (χ2v) is 6.99. The number of hydrogen-bond acceptors (Lipinski definition) is 5. The zero-order chi connectivity index (χ0) is 16.8. The summed E-state index contributed by atoms with van der Waals surface area (Å²) in [5.41, 5.74) is 4.15. The minimum absolute atomic E-state index is 0.323. The summed E-state index contributed by atoms with van der Waals surface area (Å²) in [6.07, 6.45) is 1.62. The highest BCUT2D eigenvalue weighted by Crippen LogP contribution is 2.36. The SMILES string of the molecule is CC(C)(Oc1ccc(B2OC(C)(C)C(C)(C)O2)cn1)C(N)=O. The molecule has 2 rings (SSSR count). The third kappa shape index (κ3) is 3.10. The van der Waals surface area contributed by atoms with E-state index in [0.717, 1.165) is 5.46 Å². The molecule has 0 aliphatic carbocycles. The van der Waals surface area contributed by atoms with Gasteiger partial charge < -0.3 is 19.8 Å². The van der Waals surface area contributed by atoms with E-state index in [0.29, 0.717) is 5.88 Å². The van der Waals surface area contributed by atoms with E-state index in [1.165, 1.54) is 0 Å². The number of rotatable bonds is 4. The number of hydrogen-bond donors (Lipinski definition) is 1. The van der Waals surface area contributed by atoms with Gasteiger partial charge in [0.15, 0.2) is 5.60 Å². The average molecular weight is 306 g/mol. The summed E-state index contributed by atoms with van der Waals surface area (Å²) in [5, 5.41) is 0. The first-order valence-electron chi connectivity index (χ1n) is 7.25. The van der Waals surface area contributed by atoms with Gasteiger partial charge in [-0.3, -0.25) is 4.79 Å². The van der Waals surface area contributed by atoms with Crippen molar-refractivity contribution in [2.75, 3.05) is 0 Å². The predicted molar refractivity (Wildman–Crippen MR) is 83.9 cm³/mol. The number of carbonyl (C=O) groups excluding carboxylic acids is 1. The molecule has 0 unspecified atom stereocenters. The Morgan fingerprint density at radius 3 is 2.18 bits per heavy atom. The maximum absolute atomic E-state index is 11.3. The monoisotopic (exact) mass is 306 g/mol. The number of nitrogens with zero attached hydrogens (tertiary/aromatic N) is 1. The number of carbonyl (C=O) groups is 1. The van der Waals surface area contributed by atoms with Crippen molar-refractivity contribution in [1.29, 1.82) is 0 Å². The van der Waals surface area contributed by atoms with Crippen LogP contribution in [0.25, 0.3) is 0 Å². The van der Waals surface area contributed by atoms with Gasteiger partial charge in [-0.2, -0.15) is 0 Å². The van der Waals surface area contributed by atoms with Gasteiger partial charge in [0, 0.05) is 11.7 Å². The first kappa shape index (κ1) is 16.8. The van der Waals surface area contributed by atoms with Gasteiger partial charge in [-0.25, -0.2) is 4.98 Å². The van der Waals surface area contributed by atoms with Crippen LogP contribution in [0.3, 0.4) is 0 Å². The smallest absolute Gasteiger partial charge is 0.462 e. The van der Waals surface area contributed by atoms with E-state index < -0.39 is 29.8 Å². The van der Waals surface area contributed by atoms with Crippen LogP contribution in [0.4, 0.5) is 0 Å². The molecule has 0 radical (unpaired) electrons. The van der Waals surface area contributed by atoms with E-state index in [-0.39, 0.29) is 0 Å². The highest BCUT2D eigenvalue weighted by molar-refractivity contribution is 6.62. The first-order valence-corrected chi connectivity index (χ1v) is 7.25. The summed E-state index contributed by atoms with van der Waals surface area (Å²) in [4.78, 5) is 15.5. The van der Waals surface area contributed by atoms with Crippen molar-refractivity contribution in [3.05, 3.63) is 18.3 Å². The molecule has 1 amide bonds. The number of amides is 1. The number of primary amides is 1. The van der Waals surface area contributed by atoms with E-state index in [1.807, 2.05) is 33.8 Å². The highest BCUT2D eigenvalue weighted by atomic mass is 16.7. The van der Waals surface area contributed by atoms with Crippen LogP contribution in [0.2, 0.25) is 0 Å². The lowest BCUT2D eigenvalue weighted by molar-refractivity contribution is -0.130. The van der Waals surface area contributed by atoms with Gasteiger partial charge in [-0.05, 0) is 47.6 Å². The van der Waals surface area contributed by atoms with Crippen molar-refractivity contribution in [1.82, 2.24) is 4.98 Å². The fourth-order valence-corrected chi connectivity index (χ4v) is 1.88. The van der Waals surface area contributed by atoms with Crippen LogP contribution in [0.1, 0.15) is 41.5 Å². The number of pyridine rings is 1. The topological polar surface area (TPSA) is 83.7 Å². The Labute approximate surface area is 131 Å². The van der Waals surface area contributed by atoms with E-state index in [4.69, 9.17) is 19.8 Å². The molecular weight excluding hydrogens is 283 g/mol. The zero-order valence-corrected chi connectivity index (χ0v) is 14.0. The van der Waals surface area contributed by atoms with Crippen LogP contribution in [0.15, 0.2) is 18.3 Å². The molecule has 1 aliphatic heterocycles. The van der Waals surface area contributed by atoms with E-state index in [1.54, 1.807) is 26.1 Å². The molecule has 1 aromatic heterocycles. The van der Waals surface area contributed by atoms with Gasteiger partial charge in [-0.1, -0.05) is 6.07 Å². The molecule has 2 heterocycles. The molecule has 1 saturated heterocycles. The zero-order valence-electron chi connectivity index (χ0n) is 14.0. The number of nitrogens with two attached hydrogens (primary N) is 1. The second-order valence-electron chi connectivity index (χ2n) is 6.99. The molecule has 1 aromatic rings. The van der Waals surface area contributed by atoms with Crippen LogP contribution in [0, 0.1) is 0 Å². The molecule has 0 bridgehead atoms. The van der Waals surface area contributed by atoms with Crippen LogP contribution < -0.4 is 15.9 Å². The van der Waals surface area contributed by atoms with Crippen LogP contribution in [-0.4, -0.2) is 34.8 Å². The van der Waals surface area contributed by atoms with Gasteiger partial charge in [0.05, 0.1) is 11.2 Å². The van der Waals surface area contributed by atoms with Crippen molar-refractivity contribution < 1.29 is 18.8 Å². The maximum Gasteiger partial charge on any atom is 0.496 e. The first-order chi connectivity index (χ1) is 9.95. The van der Waals surface area contributed by atoms with Crippen molar-refractivity contribution >= 4 is 18.5 Å². The molecular formula is C15H23BN2O4. The molecule has 0 saturated carbocycles. The van der Waals surface area contributed by atoms with Crippen LogP contribution in [0.5, 0.6) is 5.88 Å². The Morgan fingerprint density at radius 2 is 1.77 bits per heavy atom. The van der Waals surface area contributed by atoms with E-state index in [9.17, 15) is 4.79 Å². The third-order valence-corrected chi connectivity index (χ3v) is 4.24. The summed E-state index contributed by atoms with van der Waals surface area (Å²) in [5.74, 6) is -0.228. The summed E-state index contributed by atoms with van der Waals surface area (Å²) in [6.45, 7) is 11.2. The van der Waals surface area contributed by atoms with Gasteiger partial charge in [0.1, 0.15) is 0 Å². The number of ether oxygens (including phenoxy) is 1. The summed E-state index contributed by atoms with van der Waals surface area (Å²) in [7, 11) is -0.476. The fourth-order valence-electron chi connectivity index (χ4n) is 1.88. The number of aromatic nitrogens is 1. The normalized spacial score (nSPS) is 20.0. The summed E-state index contributed by atoms with van der Waals surface area (Å²) >= 11 is 0. The Morgan fingerprint density at radius 1 is 1.23 bits per heavy atom. The lowest BCUT2D eigenvalue weighted by Crippen LogP contribution is -2.43. The summed E-state index contributed by atoms with van der Waals surface area (Å²) < 4.78 is 17.4. The van der Waals surface area contributed by atoms with E-state index >= 15 is 0 Å². The summed E-state index contributed by atoms with van der Waals surface area (Å²) in [6, 6.07) is 3.48. The van der Waals surface area contributed by atoms with Crippen molar-refractivity contribution in [2.45, 2.75) is 58.3 Å². The second kappa shape index (κ2) is 5.24. The van der Waals surface area contributed by atoms with Gasteiger partial charge in [0.25, 0.3) is 5.91 Å². The van der Waals surface area contributed by atoms with Crippen molar-refractivity contribution in [3.63, 3.8) is 0 Å². The molecule has 0 spiro atoms. The Balaban J connectivity index is 2.12. The molecule has 1 fully saturated rings.